The minimum absolute atomic E-state index is 0.184. The molecule has 1 aromatic carbocycles. The van der Waals surface area contributed by atoms with Crippen LogP contribution in [0, 0.1) is 0 Å². The minimum Gasteiger partial charge on any atom is -0.439 e. The molecule has 0 radical (unpaired) electrons. The second-order valence-corrected chi connectivity index (χ2v) is 4.59. The van der Waals surface area contributed by atoms with Crippen LogP contribution in [0.3, 0.4) is 0 Å². The number of amides is 1. The van der Waals surface area contributed by atoms with Crippen molar-refractivity contribution in [3.8, 4) is 11.6 Å². The number of carbonyl (C=O) groups excluding carboxylic acids is 1. The van der Waals surface area contributed by atoms with Gasteiger partial charge < -0.3 is 10.1 Å². The van der Waals surface area contributed by atoms with Crippen LogP contribution < -0.4 is 10.1 Å². The summed E-state index contributed by atoms with van der Waals surface area (Å²) in [6, 6.07) is 13.0. The fraction of sp³-hybridized carbons (Fsp3) is 0.0625. The predicted octanol–water partition coefficient (Wildman–Crippen LogP) is 2.53. The summed E-state index contributed by atoms with van der Waals surface area (Å²) in [6.07, 6.45) is 4.68. The smallest absolute Gasteiger partial charge is 0.254 e. The molecule has 0 bridgehead atoms. The summed E-state index contributed by atoms with van der Waals surface area (Å²) in [6.45, 7) is 0.387. The van der Waals surface area contributed by atoms with Gasteiger partial charge in [-0.3, -0.25) is 9.89 Å². The fourth-order valence-electron chi connectivity index (χ4n) is 1.88. The summed E-state index contributed by atoms with van der Waals surface area (Å²) in [4.78, 5) is 16.0. The summed E-state index contributed by atoms with van der Waals surface area (Å²) in [7, 11) is 0. The number of hydrogen-bond acceptors (Lipinski definition) is 4. The van der Waals surface area contributed by atoms with Crippen LogP contribution in [0.25, 0.3) is 0 Å². The Morgan fingerprint density at radius 3 is 2.86 bits per heavy atom. The molecule has 0 aliphatic carbocycles. The van der Waals surface area contributed by atoms with Gasteiger partial charge in [0.15, 0.2) is 0 Å². The van der Waals surface area contributed by atoms with Gasteiger partial charge in [-0.05, 0) is 23.8 Å². The number of aromatic nitrogens is 3. The van der Waals surface area contributed by atoms with Crippen molar-refractivity contribution in [2.45, 2.75) is 6.54 Å². The molecular weight excluding hydrogens is 280 g/mol. The zero-order valence-electron chi connectivity index (χ0n) is 11.7. The van der Waals surface area contributed by atoms with Gasteiger partial charge in [0.2, 0.25) is 5.88 Å². The van der Waals surface area contributed by atoms with Crippen molar-refractivity contribution in [3.63, 3.8) is 0 Å². The van der Waals surface area contributed by atoms with E-state index in [1.807, 2.05) is 36.4 Å². The molecule has 0 unspecified atom stereocenters. The third kappa shape index (κ3) is 3.49. The van der Waals surface area contributed by atoms with E-state index in [1.165, 1.54) is 6.20 Å². The summed E-state index contributed by atoms with van der Waals surface area (Å²) < 4.78 is 5.66. The molecule has 2 aromatic heterocycles. The Labute approximate surface area is 127 Å². The standard InChI is InChI=1S/C16H14N4O2/c21-16(13-10-19-20-11-13)18-9-12-6-7-17-15(8-12)22-14-4-2-1-3-5-14/h1-8,10-11H,9H2,(H,18,21)(H,19,20). The lowest BCUT2D eigenvalue weighted by molar-refractivity contribution is 0.0951. The SMILES string of the molecule is O=C(NCc1ccnc(Oc2ccccc2)c1)c1cn[nH]c1. The Bertz CT molecular complexity index is 742. The number of pyridine rings is 1. The van der Waals surface area contributed by atoms with Gasteiger partial charge in [0, 0.05) is 25.0 Å². The van der Waals surface area contributed by atoms with Crippen LogP contribution in [0.4, 0.5) is 0 Å². The van der Waals surface area contributed by atoms with Crippen LogP contribution in [0.5, 0.6) is 11.6 Å². The number of aromatic amines is 1. The normalized spacial score (nSPS) is 10.2. The topological polar surface area (TPSA) is 79.9 Å². The summed E-state index contributed by atoms with van der Waals surface area (Å²) in [5.74, 6) is 1.02. The van der Waals surface area contributed by atoms with E-state index in [2.05, 4.69) is 20.5 Å². The van der Waals surface area contributed by atoms with Crippen molar-refractivity contribution < 1.29 is 9.53 Å². The third-order valence-corrected chi connectivity index (χ3v) is 2.98. The monoisotopic (exact) mass is 294 g/mol. The van der Waals surface area contributed by atoms with Gasteiger partial charge in [-0.1, -0.05) is 18.2 Å². The highest BCUT2D eigenvalue weighted by atomic mass is 16.5. The first-order chi connectivity index (χ1) is 10.8. The molecule has 0 atom stereocenters. The van der Waals surface area contributed by atoms with Crippen LogP contribution in [0.15, 0.2) is 61.1 Å². The number of nitrogens with zero attached hydrogens (tertiary/aromatic N) is 2. The first-order valence-corrected chi connectivity index (χ1v) is 6.76. The molecule has 3 aromatic rings. The maximum atomic E-state index is 11.8. The van der Waals surface area contributed by atoms with E-state index in [-0.39, 0.29) is 5.91 Å². The lowest BCUT2D eigenvalue weighted by Crippen LogP contribution is -2.22. The van der Waals surface area contributed by atoms with Crippen LogP contribution in [0.2, 0.25) is 0 Å². The van der Waals surface area contributed by atoms with Gasteiger partial charge in [0.25, 0.3) is 5.91 Å². The fourth-order valence-corrected chi connectivity index (χ4v) is 1.88. The van der Waals surface area contributed by atoms with Crippen molar-refractivity contribution in [2.75, 3.05) is 0 Å². The van der Waals surface area contributed by atoms with E-state index in [9.17, 15) is 4.79 Å². The van der Waals surface area contributed by atoms with Gasteiger partial charge in [-0.25, -0.2) is 4.98 Å². The molecule has 0 aliphatic rings. The molecule has 0 spiro atoms. The number of para-hydroxylation sites is 1. The molecule has 6 heteroatoms. The average Bonchev–Trinajstić information content (AvgIpc) is 3.08. The molecule has 6 nitrogen and oxygen atoms in total. The number of ether oxygens (including phenoxy) is 1. The number of rotatable bonds is 5. The van der Waals surface area contributed by atoms with Crippen molar-refractivity contribution >= 4 is 5.91 Å². The molecule has 0 saturated heterocycles. The lowest BCUT2D eigenvalue weighted by atomic mass is 10.2. The second-order valence-electron chi connectivity index (χ2n) is 4.59. The molecule has 3 rings (SSSR count). The Balaban J connectivity index is 1.63. The van der Waals surface area contributed by atoms with Gasteiger partial charge in [0.05, 0.1) is 11.8 Å². The molecule has 0 aliphatic heterocycles. The largest absolute Gasteiger partial charge is 0.439 e. The Hall–Kier alpha value is -3.15. The average molecular weight is 294 g/mol. The number of H-pyrrole nitrogens is 1. The maximum Gasteiger partial charge on any atom is 0.254 e. The maximum absolute atomic E-state index is 11.8. The predicted molar refractivity (Wildman–Crippen MR) is 80.5 cm³/mol. The zero-order valence-corrected chi connectivity index (χ0v) is 11.7. The minimum atomic E-state index is -0.184. The van der Waals surface area contributed by atoms with Crippen molar-refractivity contribution in [3.05, 3.63) is 72.2 Å². The molecule has 2 heterocycles. The van der Waals surface area contributed by atoms with E-state index in [4.69, 9.17) is 4.74 Å². The number of hydrogen-bond donors (Lipinski definition) is 2. The first-order valence-electron chi connectivity index (χ1n) is 6.76. The van der Waals surface area contributed by atoms with Crippen molar-refractivity contribution in [1.29, 1.82) is 0 Å². The lowest BCUT2D eigenvalue weighted by Gasteiger charge is -2.07. The van der Waals surface area contributed by atoms with E-state index in [1.54, 1.807) is 18.5 Å². The van der Waals surface area contributed by atoms with E-state index in [0.29, 0.717) is 18.0 Å². The van der Waals surface area contributed by atoms with Crippen molar-refractivity contribution in [1.82, 2.24) is 20.5 Å². The van der Waals surface area contributed by atoms with Crippen molar-refractivity contribution in [2.24, 2.45) is 0 Å². The molecule has 0 fully saturated rings. The number of nitrogens with one attached hydrogen (secondary N) is 2. The molecule has 1 amide bonds. The van der Waals surface area contributed by atoms with E-state index >= 15 is 0 Å². The Morgan fingerprint density at radius 2 is 2.09 bits per heavy atom. The summed E-state index contributed by atoms with van der Waals surface area (Å²) >= 11 is 0. The van der Waals surface area contributed by atoms with Crippen LogP contribution in [0.1, 0.15) is 15.9 Å². The highest BCUT2D eigenvalue weighted by molar-refractivity contribution is 5.93. The third-order valence-electron chi connectivity index (χ3n) is 2.98. The first kappa shape index (κ1) is 13.8. The van der Waals surface area contributed by atoms with Crippen LogP contribution >= 0.6 is 0 Å². The molecule has 2 N–H and O–H groups in total. The highest BCUT2D eigenvalue weighted by Crippen LogP contribution is 2.19. The van der Waals surface area contributed by atoms with Crippen LogP contribution in [-0.2, 0) is 6.54 Å². The summed E-state index contributed by atoms with van der Waals surface area (Å²) in [5.41, 5.74) is 1.40. The quantitative estimate of drug-likeness (QED) is 0.757. The number of benzene rings is 1. The van der Waals surface area contributed by atoms with Gasteiger partial charge in [0.1, 0.15) is 5.75 Å². The molecular formula is C16H14N4O2. The van der Waals surface area contributed by atoms with E-state index in [0.717, 1.165) is 11.3 Å². The van der Waals surface area contributed by atoms with Gasteiger partial charge >= 0.3 is 0 Å². The Morgan fingerprint density at radius 1 is 1.23 bits per heavy atom. The van der Waals surface area contributed by atoms with Gasteiger partial charge in [-0.15, -0.1) is 0 Å². The summed E-state index contributed by atoms with van der Waals surface area (Å²) in [5, 5.41) is 9.16. The van der Waals surface area contributed by atoms with E-state index < -0.39 is 0 Å². The highest BCUT2D eigenvalue weighted by Gasteiger charge is 2.06. The molecule has 110 valence electrons. The zero-order chi connectivity index (χ0) is 15.2. The Kier molecular flexibility index (Phi) is 4.10. The molecule has 22 heavy (non-hydrogen) atoms. The number of carbonyl (C=O) groups is 1. The second kappa shape index (κ2) is 6.53. The van der Waals surface area contributed by atoms with Crippen LogP contribution in [-0.4, -0.2) is 21.1 Å². The van der Waals surface area contributed by atoms with Gasteiger partial charge in [-0.2, -0.15) is 5.10 Å². The molecule has 0 saturated carbocycles.